The highest BCUT2D eigenvalue weighted by Crippen LogP contribution is 2.29. The van der Waals surface area contributed by atoms with E-state index in [0.717, 1.165) is 0 Å². The van der Waals surface area contributed by atoms with Crippen molar-refractivity contribution in [3.05, 3.63) is 0 Å². The highest BCUT2D eigenvalue weighted by molar-refractivity contribution is 5.83. The molecular formula is C12H21NO. The lowest BCUT2D eigenvalue weighted by Crippen LogP contribution is -2.23. The number of ketones is 1. The van der Waals surface area contributed by atoms with E-state index in [9.17, 15) is 4.79 Å². The molecule has 0 amide bonds. The fourth-order valence-corrected chi connectivity index (χ4v) is 1.14. The zero-order chi connectivity index (χ0) is 11.4. The minimum absolute atomic E-state index is 0.0948. The lowest BCUT2D eigenvalue weighted by molar-refractivity contribution is -0.122. The first-order valence-corrected chi connectivity index (χ1v) is 5.25. The van der Waals surface area contributed by atoms with Crippen LogP contribution in [0.5, 0.6) is 0 Å². The van der Waals surface area contributed by atoms with Crippen LogP contribution in [0.1, 0.15) is 47.5 Å². The van der Waals surface area contributed by atoms with Crippen LogP contribution in [0, 0.1) is 28.6 Å². The van der Waals surface area contributed by atoms with Crippen molar-refractivity contribution >= 4 is 5.78 Å². The SMILES string of the molecule is CCC(C#N)C(=O)CC(C)C(C)(C)C. The smallest absolute Gasteiger partial charge is 0.150 e. The van der Waals surface area contributed by atoms with E-state index in [-0.39, 0.29) is 11.2 Å². The van der Waals surface area contributed by atoms with Crippen molar-refractivity contribution < 1.29 is 4.79 Å². The minimum Gasteiger partial charge on any atom is -0.298 e. The fraction of sp³-hybridized carbons (Fsp3) is 0.833. The molecule has 0 bridgehead atoms. The average Bonchev–Trinajstić information content (AvgIpc) is 2.04. The van der Waals surface area contributed by atoms with Crippen molar-refractivity contribution in [1.82, 2.24) is 0 Å². The molecule has 0 spiro atoms. The van der Waals surface area contributed by atoms with Gasteiger partial charge in [0.15, 0.2) is 0 Å². The van der Waals surface area contributed by atoms with E-state index in [4.69, 9.17) is 5.26 Å². The van der Waals surface area contributed by atoms with Crippen molar-refractivity contribution in [3.8, 4) is 6.07 Å². The molecule has 2 nitrogen and oxygen atoms in total. The van der Waals surface area contributed by atoms with Crippen molar-refractivity contribution in [1.29, 1.82) is 5.26 Å². The van der Waals surface area contributed by atoms with Crippen LogP contribution in [0.25, 0.3) is 0 Å². The standard InChI is InChI=1S/C12H21NO/c1-6-10(8-13)11(14)7-9(2)12(3,4)5/h9-10H,6-7H2,1-5H3. The molecule has 80 valence electrons. The number of nitrogens with zero attached hydrogens (tertiary/aromatic N) is 1. The highest BCUT2D eigenvalue weighted by atomic mass is 16.1. The summed E-state index contributed by atoms with van der Waals surface area (Å²) in [7, 11) is 0. The maximum Gasteiger partial charge on any atom is 0.150 e. The second-order valence-corrected chi connectivity index (χ2v) is 5.03. The van der Waals surface area contributed by atoms with E-state index in [1.807, 2.05) is 6.92 Å². The van der Waals surface area contributed by atoms with Crippen LogP contribution in [0.4, 0.5) is 0 Å². The van der Waals surface area contributed by atoms with Gasteiger partial charge < -0.3 is 0 Å². The number of carbonyl (C=O) groups is 1. The largest absolute Gasteiger partial charge is 0.298 e. The fourth-order valence-electron chi connectivity index (χ4n) is 1.14. The van der Waals surface area contributed by atoms with Crippen LogP contribution in [0.3, 0.4) is 0 Å². The van der Waals surface area contributed by atoms with Crippen LogP contribution < -0.4 is 0 Å². The summed E-state index contributed by atoms with van der Waals surface area (Å²) < 4.78 is 0. The molecule has 2 atom stereocenters. The summed E-state index contributed by atoms with van der Waals surface area (Å²) in [4.78, 5) is 11.6. The van der Waals surface area contributed by atoms with Gasteiger partial charge in [-0.1, -0.05) is 34.6 Å². The molecule has 0 N–H and O–H groups in total. The molecule has 0 saturated carbocycles. The highest BCUT2D eigenvalue weighted by Gasteiger charge is 2.25. The van der Waals surface area contributed by atoms with Crippen LogP contribution in [-0.4, -0.2) is 5.78 Å². The van der Waals surface area contributed by atoms with Crippen molar-refractivity contribution in [3.63, 3.8) is 0 Å². The molecule has 0 aliphatic rings. The Morgan fingerprint density at radius 1 is 1.43 bits per heavy atom. The van der Waals surface area contributed by atoms with E-state index in [1.54, 1.807) is 0 Å². The Morgan fingerprint density at radius 2 is 1.93 bits per heavy atom. The summed E-state index contributed by atoms with van der Waals surface area (Å²) in [6.45, 7) is 10.3. The van der Waals surface area contributed by atoms with Gasteiger partial charge in [0.25, 0.3) is 0 Å². The monoisotopic (exact) mass is 195 g/mol. The molecule has 0 aromatic carbocycles. The van der Waals surface area contributed by atoms with E-state index in [1.165, 1.54) is 0 Å². The topological polar surface area (TPSA) is 40.9 Å². The molecule has 2 heteroatoms. The molecule has 0 saturated heterocycles. The van der Waals surface area contributed by atoms with Gasteiger partial charge in [0, 0.05) is 6.42 Å². The van der Waals surface area contributed by atoms with Crippen LogP contribution in [0.15, 0.2) is 0 Å². The molecule has 14 heavy (non-hydrogen) atoms. The van der Waals surface area contributed by atoms with Gasteiger partial charge in [-0.3, -0.25) is 4.79 Å². The van der Waals surface area contributed by atoms with E-state index < -0.39 is 5.92 Å². The van der Waals surface area contributed by atoms with Gasteiger partial charge in [0.1, 0.15) is 11.7 Å². The Bertz CT molecular complexity index is 232. The van der Waals surface area contributed by atoms with Crippen molar-refractivity contribution in [2.45, 2.75) is 47.5 Å². The Balaban J connectivity index is 4.27. The van der Waals surface area contributed by atoms with Gasteiger partial charge in [0.05, 0.1) is 6.07 Å². The lowest BCUT2D eigenvalue weighted by atomic mass is 9.78. The van der Waals surface area contributed by atoms with Crippen LogP contribution in [-0.2, 0) is 4.79 Å². The number of rotatable bonds is 4. The minimum atomic E-state index is -0.403. The summed E-state index contributed by atoms with van der Waals surface area (Å²) in [5.41, 5.74) is 0.142. The molecule has 0 aliphatic heterocycles. The molecule has 0 rings (SSSR count). The maximum atomic E-state index is 11.6. The summed E-state index contributed by atoms with van der Waals surface area (Å²) in [5, 5.41) is 8.74. The summed E-state index contributed by atoms with van der Waals surface area (Å²) in [6.07, 6.45) is 1.15. The maximum absolute atomic E-state index is 11.6. The van der Waals surface area contributed by atoms with Crippen LogP contribution in [0.2, 0.25) is 0 Å². The molecule has 0 radical (unpaired) electrons. The molecular weight excluding hydrogens is 174 g/mol. The summed E-state index contributed by atoms with van der Waals surface area (Å²) in [5.74, 6) is 0.0228. The third kappa shape index (κ3) is 3.91. The quantitative estimate of drug-likeness (QED) is 0.691. The van der Waals surface area contributed by atoms with E-state index in [2.05, 4.69) is 33.8 Å². The number of hydrogen-bond donors (Lipinski definition) is 0. The van der Waals surface area contributed by atoms with Crippen LogP contribution >= 0.6 is 0 Å². The Morgan fingerprint density at radius 3 is 2.21 bits per heavy atom. The predicted octanol–water partition coefficient (Wildman–Crippen LogP) is 3.18. The lowest BCUT2D eigenvalue weighted by Gasteiger charge is -2.27. The van der Waals surface area contributed by atoms with Crippen molar-refractivity contribution in [2.75, 3.05) is 0 Å². The molecule has 0 fully saturated rings. The van der Waals surface area contributed by atoms with Crippen molar-refractivity contribution in [2.24, 2.45) is 17.3 Å². The second kappa shape index (κ2) is 5.14. The summed E-state index contributed by atoms with van der Waals surface area (Å²) >= 11 is 0. The number of nitriles is 1. The molecule has 0 aliphatic carbocycles. The molecule has 2 unspecified atom stereocenters. The van der Waals surface area contributed by atoms with Gasteiger partial charge in [0.2, 0.25) is 0 Å². The van der Waals surface area contributed by atoms with Gasteiger partial charge in [-0.25, -0.2) is 0 Å². The third-order valence-corrected chi connectivity index (χ3v) is 2.94. The molecule has 0 aromatic rings. The first-order chi connectivity index (χ1) is 6.32. The zero-order valence-electron chi connectivity index (χ0n) is 9.92. The Kier molecular flexibility index (Phi) is 4.83. The molecule has 0 aromatic heterocycles. The number of Topliss-reactive ketones (excluding diaryl/α,β-unsaturated/α-hetero) is 1. The average molecular weight is 195 g/mol. The van der Waals surface area contributed by atoms with Gasteiger partial charge in [-0.05, 0) is 17.8 Å². The van der Waals surface area contributed by atoms with Gasteiger partial charge in [-0.15, -0.1) is 0 Å². The first kappa shape index (κ1) is 13.2. The normalized spacial score (nSPS) is 15.7. The van der Waals surface area contributed by atoms with E-state index >= 15 is 0 Å². The zero-order valence-corrected chi connectivity index (χ0v) is 9.92. The predicted molar refractivity (Wildman–Crippen MR) is 57.6 cm³/mol. The van der Waals surface area contributed by atoms with Gasteiger partial charge in [-0.2, -0.15) is 5.26 Å². The molecule has 0 heterocycles. The van der Waals surface area contributed by atoms with Gasteiger partial charge >= 0.3 is 0 Å². The first-order valence-electron chi connectivity index (χ1n) is 5.25. The summed E-state index contributed by atoms with van der Waals surface area (Å²) in [6, 6.07) is 2.06. The number of carbonyl (C=O) groups excluding carboxylic acids is 1. The third-order valence-electron chi connectivity index (χ3n) is 2.94. The Labute approximate surface area is 87.3 Å². The Hall–Kier alpha value is -0.840. The second-order valence-electron chi connectivity index (χ2n) is 5.03. The van der Waals surface area contributed by atoms with E-state index in [0.29, 0.717) is 18.8 Å². The number of hydrogen-bond acceptors (Lipinski definition) is 2.